The molecule has 2 fully saturated rings. The molecule has 0 aromatic carbocycles. The van der Waals surface area contributed by atoms with Crippen molar-refractivity contribution in [3.8, 4) is 0 Å². The molecule has 11 atom stereocenters. The van der Waals surface area contributed by atoms with Gasteiger partial charge in [-0.1, -0.05) is 12.2 Å². The van der Waals surface area contributed by atoms with Crippen molar-refractivity contribution in [3.05, 3.63) is 42.7 Å². The van der Waals surface area contributed by atoms with Gasteiger partial charge >= 0.3 is 37.4 Å². The Morgan fingerprint density at radius 2 is 1.80 bits per heavy atom. The quantitative estimate of drug-likeness (QED) is 0.0367. The van der Waals surface area contributed by atoms with Gasteiger partial charge in [0.1, 0.15) is 47.4 Å². The fourth-order valence-electron chi connectivity index (χ4n) is 4.93. The number of thiocarbonyl (C=S) groups is 1. The van der Waals surface area contributed by atoms with Crippen LogP contribution in [0.1, 0.15) is 18.0 Å². The van der Waals surface area contributed by atoms with Gasteiger partial charge in [-0.15, -0.1) is 0 Å². The Bertz CT molecular complexity index is 1820. The summed E-state index contributed by atoms with van der Waals surface area (Å²) in [5.41, 5.74) is 11.7. The Kier molecular flexibility index (Phi) is 12.9. The van der Waals surface area contributed by atoms with Crippen molar-refractivity contribution in [3.63, 3.8) is 0 Å². The van der Waals surface area contributed by atoms with Crippen LogP contribution in [0.25, 0.3) is 11.2 Å². The zero-order chi connectivity index (χ0) is 35.2. The van der Waals surface area contributed by atoms with E-state index in [2.05, 4.69) is 28.3 Å². The second-order valence-corrected chi connectivity index (χ2v) is 14.7. The van der Waals surface area contributed by atoms with Gasteiger partial charge in [0.2, 0.25) is 0 Å². The van der Waals surface area contributed by atoms with Crippen molar-refractivity contribution in [1.29, 1.82) is 0 Å². The van der Waals surface area contributed by atoms with Crippen LogP contribution in [0.5, 0.6) is 0 Å². The van der Waals surface area contributed by atoms with Gasteiger partial charge in [0, 0.05) is 6.07 Å². The Labute approximate surface area is 302 Å². The number of aliphatic hydroxyl groups is 3. The number of pyridine rings is 1. The molecule has 5 rings (SSSR count). The number of nitrogen functional groups attached to an aromatic ring is 1. The summed E-state index contributed by atoms with van der Waals surface area (Å²) in [6.45, 7) is -1.99. The zero-order valence-corrected chi connectivity index (χ0v) is 30.4. The van der Waals surface area contributed by atoms with E-state index in [1.54, 1.807) is 6.07 Å². The Balaban J connectivity index is 0.00000541. The van der Waals surface area contributed by atoms with Crippen LogP contribution in [0.2, 0.25) is 0 Å². The topological polar surface area (TPSA) is 353 Å². The number of phosphoric ester groups is 3. The van der Waals surface area contributed by atoms with Gasteiger partial charge in [-0.25, -0.2) is 23.8 Å². The summed E-state index contributed by atoms with van der Waals surface area (Å²) in [6, 6.07) is 3.05. The van der Waals surface area contributed by atoms with Crippen molar-refractivity contribution in [1.82, 2.24) is 19.5 Å². The molecule has 3 aromatic rings. The summed E-state index contributed by atoms with van der Waals surface area (Å²) in [5.74, 6) is -0.0735. The van der Waals surface area contributed by atoms with Crippen LogP contribution in [0.3, 0.4) is 0 Å². The molecule has 0 radical (unpaired) electrons. The van der Waals surface area contributed by atoms with Crippen molar-refractivity contribution < 1.29 is 110 Å². The first-order chi connectivity index (χ1) is 22.4. The molecule has 0 amide bonds. The van der Waals surface area contributed by atoms with Crippen LogP contribution >= 0.6 is 35.7 Å². The fourth-order valence-corrected chi connectivity index (χ4v) is 7.83. The summed E-state index contributed by atoms with van der Waals surface area (Å²) < 4.78 is 68.6. The molecule has 264 valence electrons. The molecule has 3 aromatic heterocycles. The molecule has 0 bridgehead atoms. The smallest absolute Gasteiger partial charge is 0.756 e. The summed E-state index contributed by atoms with van der Waals surface area (Å²) in [6.07, 6.45) is -8.82. The van der Waals surface area contributed by atoms with Crippen molar-refractivity contribution in [2.45, 2.75) is 49.1 Å². The second kappa shape index (κ2) is 15.7. The van der Waals surface area contributed by atoms with E-state index in [1.807, 2.05) is 0 Å². The van der Waals surface area contributed by atoms with E-state index in [1.165, 1.54) is 23.0 Å². The molecule has 0 saturated carbocycles. The van der Waals surface area contributed by atoms with E-state index in [-0.39, 0.29) is 51.5 Å². The minimum atomic E-state index is -5.86. The number of anilines is 1. The third kappa shape index (κ3) is 9.33. The molecule has 3 unspecified atom stereocenters. The molecule has 23 nitrogen and oxygen atoms in total. The number of rotatable bonds is 13. The van der Waals surface area contributed by atoms with Gasteiger partial charge < -0.3 is 64.9 Å². The third-order valence-corrected chi connectivity index (χ3v) is 10.3. The first-order valence-corrected chi connectivity index (χ1v) is 18.2. The summed E-state index contributed by atoms with van der Waals surface area (Å²) in [7, 11) is -17.0. The molecular weight excluding hydrogens is 754 g/mol. The molecule has 0 spiro atoms. The normalized spacial score (nSPS) is 30.7. The predicted octanol–water partition coefficient (Wildman–Crippen LogP) is -6.62. The Morgan fingerprint density at radius 1 is 1.08 bits per heavy atom. The van der Waals surface area contributed by atoms with Crippen LogP contribution in [-0.4, -0.2) is 99.5 Å². The summed E-state index contributed by atoms with van der Waals surface area (Å²) in [5, 5.41) is 31.3. The van der Waals surface area contributed by atoms with E-state index >= 15 is 0 Å². The zero-order valence-electron chi connectivity index (χ0n) is 24.9. The summed E-state index contributed by atoms with van der Waals surface area (Å²) >= 11 is 4.92. The number of phosphoric acid groups is 3. The molecule has 2 aliphatic heterocycles. The van der Waals surface area contributed by atoms with Gasteiger partial charge in [-0.2, -0.15) is 4.57 Å². The predicted molar refractivity (Wildman–Crippen MR) is 153 cm³/mol. The van der Waals surface area contributed by atoms with Crippen molar-refractivity contribution in [2.75, 3.05) is 18.9 Å². The fraction of sp³-hybridized carbons (Fsp3) is 0.476. The second-order valence-electron chi connectivity index (χ2n) is 10.2. The van der Waals surface area contributed by atoms with E-state index in [9.17, 15) is 48.6 Å². The maximum atomic E-state index is 12.7. The maximum absolute atomic E-state index is 12.7. The molecule has 2 aliphatic rings. The third-order valence-electron chi connectivity index (χ3n) is 6.97. The van der Waals surface area contributed by atoms with Crippen molar-refractivity contribution in [2.24, 2.45) is 5.73 Å². The van der Waals surface area contributed by atoms with Gasteiger partial charge in [-0.05, 0) is 6.07 Å². The molecule has 9 N–H and O–H groups in total. The van der Waals surface area contributed by atoms with Gasteiger partial charge in [0.05, 0.1) is 25.1 Å². The van der Waals surface area contributed by atoms with Gasteiger partial charge in [0.15, 0.2) is 36.2 Å². The average molecular weight is 781 g/mol. The number of hydrogen-bond acceptors (Lipinski definition) is 19. The van der Waals surface area contributed by atoms with E-state index in [0.29, 0.717) is 5.56 Å². The minimum absolute atomic E-state index is 0. The molecular formula is C21H27N7NaO16P3S. The monoisotopic (exact) mass is 781 g/mol. The number of ether oxygens (including phenoxy) is 2. The Hall–Kier alpha value is -1.44. The molecule has 49 heavy (non-hydrogen) atoms. The van der Waals surface area contributed by atoms with Crippen LogP contribution in [-0.2, 0) is 41.1 Å². The number of aliphatic hydroxyl groups excluding tert-OH is 3. The SMILES string of the molecule is NC(=S)c1ccc[n+]([C@@H]2O[C@H](CO)[C@@H](OP(=O)([O-])OP(=O)(O)OC[C@H]3O[C@@H](n4cnc5c(N)ncnc54)[C@H](OP(=O)([O-])O)[C@@H]3O)[C@H]2O)c1.[Na+]. The molecule has 2 saturated heterocycles. The van der Waals surface area contributed by atoms with Gasteiger partial charge in [-0.3, -0.25) is 18.2 Å². The largest absolute Gasteiger partial charge is 1.00 e. The van der Waals surface area contributed by atoms with Crippen LogP contribution in [0.4, 0.5) is 5.82 Å². The number of fused-ring (bicyclic) bond motifs is 1. The number of aromatic nitrogens is 5. The number of hydrogen-bond donors (Lipinski definition) is 7. The standard InChI is InChI=1S/C21H28N7O16P3S.Na/c22-17-12-19(25-7-24-17)28(8-26-12)21-16(42-45(32,33)34)13(30)11(41-21)6-39-46(35,36)44-47(37,38)43-15-10(5-29)40-20(14(15)31)27-3-1-2-9(4-27)18(23)48;/h1-4,7-8,10-11,13-16,20-21,29-31H,5-6H2,(H7-,22,23,24,25,32,33,34,35,36,37,38,48);/q;+1/p-1/t10-,11-,13-,14-,15-,16-,20-,21-;/m1./s1. The summed E-state index contributed by atoms with van der Waals surface area (Å²) in [4.78, 5) is 55.4. The van der Waals surface area contributed by atoms with Crippen LogP contribution in [0.15, 0.2) is 37.2 Å². The number of nitrogens with zero attached hydrogens (tertiary/aromatic N) is 5. The molecule has 0 aliphatic carbocycles. The van der Waals surface area contributed by atoms with E-state index in [0.717, 1.165) is 17.2 Å². The van der Waals surface area contributed by atoms with E-state index < -0.39 is 85.8 Å². The van der Waals surface area contributed by atoms with Crippen molar-refractivity contribution >= 4 is 57.7 Å². The number of imidazole rings is 1. The molecule has 5 heterocycles. The first-order valence-electron chi connectivity index (χ1n) is 13.3. The maximum Gasteiger partial charge on any atom is 1.00 e. The number of nitrogens with two attached hydrogens (primary N) is 2. The minimum Gasteiger partial charge on any atom is -0.756 e. The molecule has 28 heteroatoms. The van der Waals surface area contributed by atoms with Crippen LogP contribution < -0.4 is 55.4 Å². The first kappa shape index (κ1) is 40.3. The van der Waals surface area contributed by atoms with Gasteiger partial charge in [0.25, 0.3) is 21.9 Å². The Morgan fingerprint density at radius 3 is 2.45 bits per heavy atom. The van der Waals surface area contributed by atoms with E-state index in [4.69, 9.17) is 37.7 Å². The average Bonchev–Trinajstić information content (AvgIpc) is 3.65. The van der Waals surface area contributed by atoms with Crippen LogP contribution in [0, 0.1) is 0 Å².